The molecule has 0 bridgehead atoms. The third kappa shape index (κ3) is 14.7. The molecule has 5 unspecified atom stereocenters. The van der Waals surface area contributed by atoms with Crippen LogP contribution in [0.2, 0.25) is 0 Å². The zero-order chi connectivity index (χ0) is 41.5. The predicted octanol–water partition coefficient (Wildman–Crippen LogP) is 4.27. The van der Waals surface area contributed by atoms with E-state index in [1.54, 1.807) is 77.9 Å². The maximum absolute atomic E-state index is 14.8. The molecule has 5 amide bonds. The maximum Gasteiger partial charge on any atom is 0.408 e. The molecule has 0 radical (unpaired) electrons. The number of hydrogen-bond donors (Lipinski definition) is 5. The number of halogens is 1. The van der Waals surface area contributed by atoms with Gasteiger partial charge >= 0.3 is 12.1 Å². The number of benzene rings is 2. The van der Waals surface area contributed by atoms with Gasteiger partial charge in [0.25, 0.3) is 11.8 Å². The summed E-state index contributed by atoms with van der Waals surface area (Å²) in [6, 6.07) is 12.3. The highest BCUT2D eigenvalue weighted by atomic mass is 35.5. The minimum Gasteiger partial charge on any atom is -0.459 e. The molecule has 0 aromatic heterocycles. The van der Waals surface area contributed by atoms with E-state index < -0.39 is 89.8 Å². The standard InChI is InChI=1S/C42H61N5O9.ClH/c1-25(2)22-32(37(49)45-35(28(7)8)41(53)55-23-29-16-11-9-12-17-29)47(40(52)36(48)31-20-15-21-43-31)39(51)34(27(5)6)44-38(50)33(26(3)4)46-42(54)56-24-30-18-13-10-14-19-30;/h9-14,16-19,25-28,31-36,43,48H,15,20-24H2,1-8H3,(H,44,50)(H,45,49)(H,46,54);1H/t31?,32-,33?,34?,35?,36?;/m1./s1. The van der Waals surface area contributed by atoms with E-state index in [1.165, 1.54) is 0 Å². The molecule has 1 aliphatic rings. The molecule has 6 atom stereocenters. The van der Waals surface area contributed by atoms with Crippen LogP contribution in [0.4, 0.5) is 4.79 Å². The Bertz CT molecular complexity index is 1600. The SMILES string of the molecule is CC(C)C[C@H](C(=O)NC(C(=O)OCc1ccccc1)C(C)C)N(C(=O)C(O)C1CCCN1)C(=O)C(NC(=O)C(NC(=O)OCc1ccccc1)C(C)C)C(C)C.Cl. The Morgan fingerprint density at radius 2 is 1.21 bits per heavy atom. The molecule has 0 spiro atoms. The van der Waals surface area contributed by atoms with Crippen molar-refractivity contribution in [3.05, 3.63) is 71.8 Å². The van der Waals surface area contributed by atoms with E-state index in [4.69, 9.17) is 9.47 Å². The second kappa shape index (κ2) is 23.6. The molecule has 5 N–H and O–H groups in total. The topological polar surface area (TPSA) is 192 Å². The number of esters is 1. The van der Waals surface area contributed by atoms with Crippen LogP contribution in [-0.4, -0.2) is 88.6 Å². The van der Waals surface area contributed by atoms with Crippen molar-refractivity contribution >= 4 is 48.1 Å². The van der Waals surface area contributed by atoms with Gasteiger partial charge in [0, 0.05) is 6.04 Å². The van der Waals surface area contributed by atoms with Crippen LogP contribution < -0.4 is 21.3 Å². The Hall–Kier alpha value is -4.53. The molecule has 1 heterocycles. The molecule has 2 aromatic carbocycles. The van der Waals surface area contributed by atoms with Gasteiger partial charge in [-0.15, -0.1) is 12.4 Å². The second-order valence-corrected chi connectivity index (χ2v) is 15.8. The first-order valence-corrected chi connectivity index (χ1v) is 19.6. The first-order valence-electron chi connectivity index (χ1n) is 19.6. The molecule has 0 aliphatic carbocycles. The van der Waals surface area contributed by atoms with Gasteiger partial charge in [0.2, 0.25) is 11.8 Å². The van der Waals surface area contributed by atoms with Crippen LogP contribution in [0.5, 0.6) is 0 Å². The summed E-state index contributed by atoms with van der Waals surface area (Å²) in [6.45, 7) is 14.4. The van der Waals surface area contributed by atoms with Crippen LogP contribution in [-0.2, 0) is 46.7 Å². The number of aliphatic hydroxyl groups is 1. The summed E-state index contributed by atoms with van der Waals surface area (Å²) in [4.78, 5) is 84.3. The van der Waals surface area contributed by atoms with E-state index in [0.29, 0.717) is 19.4 Å². The van der Waals surface area contributed by atoms with Gasteiger partial charge in [-0.3, -0.25) is 24.1 Å². The summed E-state index contributed by atoms with van der Waals surface area (Å²) in [5.74, 6) is -5.84. The van der Waals surface area contributed by atoms with Crippen LogP contribution >= 0.6 is 12.4 Å². The normalized spacial score (nSPS) is 16.5. The third-order valence-electron chi connectivity index (χ3n) is 9.62. The van der Waals surface area contributed by atoms with E-state index in [2.05, 4.69) is 21.3 Å². The lowest BCUT2D eigenvalue weighted by Crippen LogP contribution is -2.64. The summed E-state index contributed by atoms with van der Waals surface area (Å²) in [5, 5.41) is 22.5. The Kier molecular flexibility index (Phi) is 20.2. The smallest absolute Gasteiger partial charge is 0.408 e. The fourth-order valence-corrected chi connectivity index (χ4v) is 6.39. The average Bonchev–Trinajstić information content (AvgIpc) is 3.71. The van der Waals surface area contributed by atoms with Crippen molar-refractivity contribution in [2.24, 2.45) is 23.7 Å². The lowest BCUT2D eigenvalue weighted by molar-refractivity contribution is -0.161. The van der Waals surface area contributed by atoms with Gasteiger partial charge in [-0.2, -0.15) is 0 Å². The molecule has 1 saturated heterocycles. The van der Waals surface area contributed by atoms with Crippen molar-refractivity contribution in [3.8, 4) is 0 Å². The molecule has 0 saturated carbocycles. The minimum absolute atomic E-state index is 0. The van der Waals surface area contributed by atoms with Crippen LogP contribution in [0.15, 0.2) is 60.7 Å². The molecule has 1 fully saturated rings. The molecule has 1 aliphatic heterocycles. The first-order chi connectivity index (χ1) is 26.5. The minimum atomic E-state index is -1.69. The molecular weight excluding hydrogens is 754 g/mol. The van der Waals surface area contributed by atoms with E-state index in [-0.39, 0.29) is 38.0 Å². The summed E-state index contributed by atoms with van der Waals surface area (Å²) in [7, 11) is 0. The Labute approximate surface area is 343 Å². The Balaban J connectivity index is 0.0000112. The number of rotatable bonds is 19. The Morgan fingerprint density at radius 3 is 1.68 bits per heavy atom. The van der Waals surface area contributed by atoms with Crippen molar-refractivity contribution in [3.63, 3.8) is 0 Å². The van der Waals surface area contributed by atoms with Crippen LogP contribution in [0.3, 0.4) is 0 Å². The summed E-state index contributed by atoms with van der Waals surface area (Å²) in [6.07, 6.45) is -1.38. The second-order valence-electron chi connectivity index (χ2n) is 15.8. The van der Waals surface area contributed by atoms with Crippen LogP contribution in [0, 0.1) is 23.7 Å². The molecular formula is C42H62ClN5O9. The van der Waals surface area contributed by atoms with Gasteiger partial charge in [0.15, 0.2) is 0 Å². The summed E-state index contributed by atoms with van der Waals surface area (Å²) >= 11 is 0. The lowest BCUT2D eigenvalue weighted by Gasteiger charge is -2.37. The van der Waals surface area contributed by atoms with Gasteiger partial charge in [0.05, 0.1) is 0 Å². The average molecular weight is 816 g/mol. The van der Waals surface area contributed by atoms with Gasteiger partial charge in [0.1, 0.15) is 43.5 Å². The van der Waals surface area contributed by atoms with Gasteiger partial charge in [-0.05, 0) is 60.6 Å². The van der Waals surface area contributed by atoms with E-state index in [9.17, 15) is 33.9 Å². The monoisotopic (exact) mass is 815 g/mol. The zero-order valence-electron chi connectivity index (χ0n) is 34.4. The van der Waals surface area contributed by atoms with Crippen molar-refractivity contribution < 1.29 is 43.3 Å². The predicted molar refractivity (Wildman–Crippen MR) is 218 cm³/mol. The van der Waals surface area contributed by atoms with Gasteiger partial charge in [-0.25, -0.2) is 9.59 Å². The molecule has 57 heavy (non-hydrogen) atoms. The van der Waals surface area contributed by atoms with Crippen LogP contribution in [0.25, 0.3) is 0 Å². The molecule has 2 aromatic rings. The molecule has 316 valence electrons. The van der Waals surface area contributed by atoms with Crippen molar-refractivity contribution in [1.29, 1.82) is 0 Å². The number of amides is 5. The number of nitrogens with one attached hydrogen (secondary N) is 4. The third-order valence-corrected chi connectivity index (χ3v) is 9.62. The fraction of sp³-hybridized carbons (Fsp3) is 0.571. The van der Waals surface area contributed by atoms with E-state index in [1.807, 2.05) is 38.1 Å². The molecule has 14 nitrogen and oxygen atoms in total. The highest BCUT2D eigenvalue weighted by Crippen LogP contribution is 2.22. The number of carbonyl (C=O) groups is 6. The number of alkyl carbamates (subject to hydrolysis) is 1. The van der Waals surface area contributed by atoms with Crippen molar-refractivity contribution in [2.45, 2.75) is 124 Å². The Morgan fingerprint density at radius 1 is 0.702 bits per heavy atom. The van der Waals surface area contributed by atoms with Crippen molar-refractivity contribution in [1.82, 2.24) is 26.2 Å². The quantitative estimate of drug-likeness (QED) is 0.128. The first kappa shape index (κ1) is 48.6. The summed E-state index contributed by atoms with van der Waals surface area (Å²) in [5.41, 5.74) is 1.51. The number of carbonyl (C=O) groups excluding carboxylic acids is 6. The summed E-state index contributed by atoms with van der Waals surface area (Å²) < 4.78 is 10.9. The lowest BCUT2D eigenvalue weighted by atomic mass is 9.95. The largest absolute Gasteiger partial charge is 0.459 e. The van der Waals surface area contributed by atoms with Gasteiger partial charge < -0.3 is 35.8 Å². The number of ether oxygens (including phenoxy) is 2. The maximum atomic E-state index is 14.8. The van der Waals surface area contributed by atoms with Gasteiger partial charge in [-0.1, -0.05) is 116 Å². The van der Waals surface area contributed by atoms with Crippen LogP contribution in [0.1, 0.15) is 85.8 Å². The van der Waals surface area contributed by atoms with Crippen molar-refractivity contribution in [2.75, 3.05) is 6.54 Å². The number of nitrogens with zero attached hydrogens (tertiary/aromatic N) is 1. The zero-order valence-corrected chi connectivity index (χ0v) is 35.2. The number of aliphatic hydroxyl groups excluding tert-OH is 1. The molecule has 15 heteroatoms. The molecule has 3 rings (SSSR count). The number of hydrogen-bond acceptors (Lipinski definition) is 10. The highest BCUT2D eigenvalue weighted by molar-refractivity contribution is 6.05. The number of imide groups is 1. The van der Waals surface area contributed by atoms with E-state index in [0.717, 1.165) is 16.0 Å². The van der Waals surface area contributed by atoms with E-state index >= 15 is 0 Å². The highest BCUT2D eigenvalue weighted by Gasteiger charge is 2.45. The fourth-order valence-electron chi connectivity index (χ4n) is 6.39.